The molecule has 0 saturated heterocycles. The maximum atomic E-state index is 11.8. The Labute approximate surface area is 152 Å². The average molecular weight is 358 g/mol. The lowest BCUT2D eigenvalue weighted by atomic mass is 10.1. The summed E-state index contributed by atoms with van der Waals surface area (Å²) in [6.07, 6.45) is 0.609. The summed E-state index contributed by atoms with van der Waals surface area (Å²) in [6.45, 7) is 0.0723. The number of amides is 1. The van der Waals surface area contributed by atoms with Crippen molar-refractivity contribution in [2.75, 3.05) is 33.1 Å². The highest BCUT2D eigenvalue weighted by atomic mass is 16.5. The van der Waals surface area contributed by atoms with E-state index < -0.39 is 5.97 Å². The minimum absolute atomic E-state index is 0.338. The molecule has 0 atom stereocenters. The lowest BCUT2D eigenvalue weighted by Crippen LogP contribution is -2.30. The van der Waals surface area contributed by atoms with Gasteiger partial charge in [-0.1, -0.05) is 6.07 Å². The van der Waals surface area contributed by atoms with Gasteiger partial charge in [-0.3, -0.25) is 4.79 Å². The Morgan fingerprint density at radius 3 is 2.35 bits per heavy atom. The van der Waals surface area contributed by atoms with Gasteiger partial charge >= 0.3 is 5.97 Å². The van der Waals surface area contributed by atoms with Gasteiger partial charge in [0.05, 0.1) is 19.8 Å². The Morgan fingerprint density at radius 1 is 1.00 bits per heavy atom. The number of rotatable bonds is 8. The Morgan fingerprint density at radius 2 is 1.69 bits per heavy atom. The summed E-state index contributed by atoms with van der Waals surface area (Å²) in [5.74, 6) is 0.345. The van der Waals surface area contributed by atoms with Crippen LogP contribution in [0.25, 0.3) is 0 Å². The summed E-state index contributed by atoms with van der Waals surface area (Å²) in [6, 6.07) is 11.9. The van der Waals surface area contributed by atoms with Crippen LogP contribution in [0.5, 0.6) is 11.5 Å². The predicted octanol–water partition coefficient (Wildman–Crippen LogP) is 1.80. The number of nitrogens with one attached hydrogen (secondary N) is 1. The summed E-state index contributed by atoms with van der Waals surface area (Å²) in [7, 11) is 3.14. The average Bonchev–Trinajstić information content (AvgIpc) is 2.66. The van der Waals surface area contributed by atoms with E-state index in [1.165, 1.54) is 0 Å². The topological polar surface area (TPSA) is 99.9 Å². The molecule has 3 N–H and O–H groups in total. The van der Waals surface area contributed by atoms with Crippen molar-refractivity contribution in [2.24, 2.45) is 0 Å². The number of ether oxygens (including phenoxy) is 3. The van der Waals surface area contributed by atoms with E-state index in [0.717, 1.165) is 5.56 Å². The van der Waals surface area contributed by atoms with Crippen molar-refractivity contribution in [3.8, 4) is 11.5 Å². The van der Waals surface area contributed by atoms with E-state index in [9.17, 15) is 9.59 Å². The second-order valence-corrected chi connectivity index (χ2v) is 5.49. The van der Waals surface area contributed by atoms with E-state index in [1.54, 1.807) is 38.5 Å². The molecule has 26 heavy (non-hydrogen) atoms. The largest absolute Gasteiger partial charge is 0.493 e. The van der Waals surface area contributed by atoms with E-state index in [-0.39, 0.29) is 12.5 Å². The predicted molar refractivity (Wildman–Crippen MR) is 97.4 cm³/mol. The zero-order valence-electron chi connectivity index (χ0n) is 14.8. The quantitative estimate of drug-likeness (QED) is 0.551. The number of carbonyl (C=O) groups excluding carboxylic acids is 2. The van der Waals surface area contributed by atoms with Crippen molar-refractivity contribution in [1.29, 1.82) is 0 Å². The molecule has 7 nitrogen and oxygen atoms in total. The van der Waals surface area contributed by atoms with Crippen LogP contribution in [0.4, 0.5) is 5.69 Å². The summed E-state index contributed by atoms with van der Waals surface area (Å²) < 4.78 is 15.4. The highest BCUT2D eigenvalue weighted by Crippen LogP contribution is 2.27. The molecule has 0 fully saturated rings. The summed E-state index contributed by atoms with van der Waals surface area (Å²) in [4.78, 5) is 23.6. The molecule has 0 spiro atoms. The fourth-order valence-corrected chi connectivity index (χ4v) is 2.27. The third-order valence-corrected chi connectivity index (χ3v) is 3.66. The van der Waals surface area contributed by atoms with Gasteiger partial charge in [0.25, 0.3) is 5.91 Å². The zero-order chi connectivity index (χ0) is 18.9. The van der Waals surface area contributed by atoms with Crippen LogP contribution in [0.15, 0.2) is 42.5 Å². The molecule has 0 heterocycles. The van der Waals surface area contributed by atoms with Crippen LogP contribution in [0, 0.1) is 0 Å². The molecule has 0 aliphatic rings. The van der Waals surface area contributed by atoms with Crippen LogP contribution < -0.4 is 20.5 Å². The van der Waals surface area contributed by atoms with Crippen molar-refractivity contribution in [2.45, 2.75) is 6.42 Å². The van der Waals surface area contributed by atoms with E-state index in [2.05, 4.69) is 5.32 Å². The van der Waals surface area contributed by atoms with Crippen molar-refractivity contribution in [3.05, 3.63) is 53.6 Å². The smallest absolute Gasteiger partial charge is 0.338 e. The van der Waals surface area contributed by atoms with Gasteiger partial charge in [0.2, 0.25) is 0 Å². The van der Waals surface area contributed by atoms with Gasteiger partial charge in [-0.25, -0.2) is 4.79 Å². The molecule has 0 saturated carbocycles. The molecular formula is C19H22N2O5. The lowest BCUT2D eigenvalue weighted by Gasteiger charge is -2.10. The molecule has 2 aromatic carbocycles. The molecule has 0 aliphatic carbocycles. The monoisotopic (exact) mass is 358 g/mol. The van der Waals surface area contributed by atoms with Gasteiger partial charge in [0.15, 0.2) is 18.1 Å². The molecular weight excluding hydrogens is 336 g/mol. The number of methoxy groups -OCH3 is 2. The third kappa shape index (κ3) is 5.41. The molecule has 0 aromatic heterocycles. The number of benzene rings is 2. The van der Waals surface area contributed by atoms with Gasteiger partial charge in [0.1, 0.15) is 0 Å². The van der Waals surface area contributed by atoms with Crippen molar-refractivity contribution in [1.82, 2.24) is 5.32 Å². The Kier molecular flexibility index (Phi) is 6.84. The molecule has 138 valence electrons. The third-order valence-electron chi connectivity index (χ3n) is 3.66. The first kappa shape index (κ1) is 19.1. The van der Waals surface area contributed by atoms with Crippen molar-refractivity contribution in [3.63, 3.8) is 0 Å². The van der Waals surface area contributed by atoms with Gasteiger partial charge in [-0.15, -0.1) is 0 Å². The van der Waals surface area contributed by atoms with Gasteiger partial charge in [-0.2, -0.15) is 0 Å². The first-order chi connectivity index (χ1) is 12.5. The lowest BCUT2D eigenvalue weighted by molar-refractivity contribution is -0.124. The Hall–Kier alpha value is -3.22. The standard InChI is InChI=1S/C19H22N2O5/c1-24-16-8-3-13(11-17(16)25-2)9-10-21-18(22)12-26-19(23)14-4-6-15(20)7-5-14/h3-8,11H,9-10,12,20H2,1-2H3,(H,21,22). The number of nitrogens with two attached hydrogens (primary N) is 1. The fourth-order valence-electron chi connectivity index (χ4n) is 2.27. The maximum absolute atomic E-state index is 11.8. The Balaban J connectivity index is 1.75. The Bertz CT molecular complexity index is 759. The number of hydrogen-bond acceptors (Lipinski definition) is 6. The van der Waals surface area contributed by atoms with Crippen LogP contribution in [-0.4, -0.2) is 39.2 Å². The molecule has 1 amide bonds. The molecule has 0 radical (unpaired) electrons. The molecule has 0 unspecified atom stereocenters. The molecule has 0 bridgehead atoms. The van der Waals surface area contributed by atoms with Crippen LogP contribution in [0.1, 0.15) is 15.9 Å². The van der Waals surface area contributed by atoms with Gasteiger partial charge in [0, 0.05) is 12.2 Å². The SMILES string of the molecule is COc1ccc(CCNC(=O)COC(=O)c2ccc(N)cc2)cc1OC. The maximum Gasteiger partial charge on any atom is 0.338 e. The van der Waals surface area contributed by atoms with E-state index in [0.29, 0.717) is 35.7 Å². The number of esters is 1. The fraction of sp³-hybridized carbons (Fsp3) is 0.263. The summed E-state index contributed by atoms with van der Waals surface area (Å²) in [5, 5.41) is 2.70. The number of hydrogen-bond donors (Lipinski definition) is 2. The molecule has 2 rings (SSSR count). The highest BCUT2D eigenvalue weighted by molar-refractivity contribution is 5.91. The van der Waals surface area contributed by atoms with Crippen LogP contribution in [0.2, 0.25) is 0 Å². The number of carbonyl (C=O) groups is 2. The van der Waals surface area contributed by atoms with Crippen molar-refractivity contribution < 1.29 is 23.8 Å². The van der Waals surface area contributed by atoms with Crippen molar-refractivity contribution >= 4 is 17.6 Å². The second-order valence-electron chi connectivity index (χ2n) is 5.49. The van der Waals surface area contributed by atoms with Crippen LogP contribution >= 0.6 is 0 Å². The van der Waals surface area contributed by atoms with Gasteiger partial charge in [-0.05, 0) is 48.4 Å². The first-order valence-electron chi connectivity index (χ1n) is 8.03. The number of nitrogen functional groups attached to an aromatic ring is 1. The van der Waals surface area contributed by atoms with Gasteiger partial charge < -0.3 is 25.3 Å². The minimum atomic E-state index is -0.569. The molecule has 7 heteroatoms. The molecule has 2 aromatic rings. The summed E-state index contributed by atoms with van der Waals surface area (Å²) >= 11 is 0. The minimum Gasteiger partial charge on any atom is -0.493 e. The van der Waals surface area contributed by atoms with E-state index >= 15 is 0 Å². The number of anilines is 1. The van der Waals surface area contributed by atoms with Crippen LogP contribution in [0.3, 0.4) is 0 Å². The first-order valence-corrected chi connectivity index (χ1v) is 8.03. The normalized spacial score (nSPS) is 10.1. The molecule has 0 aliphatic heterocycles. The second kappa shape index (κ2) is 9.31. The van der Waals surface area contributed by atoms with E-state index in [4.69, 9.17) is 19.9 Å². The summed E-state index contributed by atoms with van der Waals surface area (Å²) in [5.41, 5.74) is 7.44. The van der Waals surface area contributed by atoms with E-state index in [1.807, 2.05) is 18.2 Å². The highest BCUT2D eigenvalue weighted by Gasteiger charge is 2.10. The van der Waals surface area contributed by atoms with Crippen LogP contribution in [-0.2, 0) is 16.0 Å². The zero-order valence-corrected chi connectivity index (χ0v) is 14.8.